The van der Waals surface area contributed by atoms with Crippen LogP contribution in [0.15, 0.2) is 9.79 Å². The van der Waals surface area contributed by atoms with Crippen LogP contribution in [0.1, 0.15) is 51.8 Å². The Morgan fingerprint density at radius 1 is 1.24 bits per heavy atom. The molecular weight excluding hydrogens is 372 g/mol. The van der Waals surface area contributed by atoms with Gasteiger partial charge in [0.25, 0.3) is 0 Å². The third kappa shape index (κ3) is 5.39. The summed E-state index contributed by atoms with van der Waals surface area (Å²) in [4.78, 5) is 31.3. The average Bonchev–Trinajstić information content (AvgIpc) is 3.06. The van der Waals surface area contributed by atoms with E-state index >= 15 is 0 Å². The lowest BCUT2D eigenvalue weighted by atomic mass is 9.97. The number of aromatic nitrogens is 3. The van der Waals surface area contributed by atoms with Crippen molar-refractivity contribution >= 4 is 11.9 Å². The van der Waals surface area contributed by atoms with Gasteiger partial charge in [-0.25, -0.2) is 9.48 Å². The fourth-order valence-corrected chi connectivity index (χ4v) is 4.01. The van der Waals surface area contributed by atoms with Crippen LogP contribution < -0.4 is 11.0 Å². The van der Waals surface area contributed by atoms with Crippen molar-refractivity contribution in [3.05, 3.63) is 16.3 Å². The van der Waals surface area contributed by atoms with Crippen LogP contribution in [0.4, 0.5) is 0 Å². The topological polar surface area (TPSA) is 93.8 Å². The van der Waals surface area contributed by atoms with Crippen LogP contribution in [0, 0.1) is 5.92 Å². The molecule has 1 aromatic heterocycles. The first-order chi connectivity index (χ1) is 14.1. The molecule has 0 atom stereocenters. The van der Waals surface area contributed by atoms with Crippen LogP contribution >= 0.6 is 0 Å². The van der Waals surface area contributed by atoms with E-state index < -0.39 is 0 Å². The molecule has 1 saturated heterocycles. The number of ether oxygens (including phenoxy) is 1. The minimum Gasteiger partial charge on any atom is -0.466 e. The van der Waals surface area contributed by atoms with Crippen molar-refractivity contribution in [3.63, 3.8) is 0 Å². The smallest absolute Gasteiger partial charge is 0.345 e. The SMILES string of the molecule is CCNC(=NCCCn1nc2n(c1=O)CCCC2)N1CCC(C(=O)OCC)CC1. The summed E-state index contributed by atoms with van der Waals surface area (Å²) in [7, 11) is 0. The molecule has 2 aliphatic rings. The predicted molar refractivity (Wildman–Crippen MR) is 111 cm³/mol. The average molecular weight is 407 g/mol. The second kappa shape index (κ2) is 10.5. The number of piperidine rings is 1. The number of carbonyl (C=O) groups excluding carboxylic acids is 1. The molecule has 1 fully saturated rings. The normalized spacial score (nSPS) is 17.9. The number of fused-ring (bicyclic) bond motifs is 1. The van der Waals surface area contributed by atoms with E-state index in [2.05, 4.69) is 22.2 Å². The number of aliphatic imine (C=N–C) groups is 1. The molecule has 0 bridgehead atoms. The third-order valence-corrected chi connectivity index (χ3v) is 5.57. The van der Waals surface area contributed by atoms with Crippen molar-refractivity contribution < 1.29 is 9.53 Å². The molecule has 9 nitrogen and oxygen atoms in total. The fraction of sp³-hybridized carbons (Fsp3) is 0.800. The van der Waals surface area contributed by atoms with Gasteiger partial charge in [0.2, 0.25) is 0 Å². The molecule has 0 aromatic carbocycles. The number of nitrogens with one attached hydrogen (secondary N) is 1. The molecule has 0 aliphatic carbocycles. The largest absolute Gasteiger partial charge is 0.466 e. The summed E-state index contributed by atoms with van der Waals surface area (Å²) in [5, 5.41) is 7.82. The van der Waals surface area contributed by atoms with Gasteiger partial charge >= 0.3 is 11.7 Å². The number of hydrogen-bond acceptors (Lipinski definition) is 5. The summed E-state index contributed by atoms with van der Waals surface area (Å²) in [5.41, 5.74) is 0.0108. The third-order valence-electron chi connectivity index (χ3n) is 5.57. The van der Waals surface area contributed by atoms with Crippen molar-refractivity contribution in [3.8, 4) is 0 Å². The number of nitrogens with zero attached hydrogens (tertiary/aromatic N) is 5. The Labute approximate surface area is 172 Å². The quantitative estimate of drug-likeness (QED) is 0.314. The lowest BCUT2D eigenvalue weighted by molar-refractivity contribution is -0.149. The number of carbonyl (C=O) groups is 1. The molecule has 2 aliphatic heterocycles. The van der Waals surface area contributed by atoms with Crippen LogP contribution in [-0.4, -0.2) is 64.0 Å². The van der Waals surface area contributed by atoms with E-state index in [1.165, 1.54) is 0 Å². The second-order valence-electron chi connectivity index (χ2n) is 7.63. The molecule has 0 saturated carbocycles. The van der Waals surface area contributed by atoms with Crippen LogP contribution in [0.3, 0.4) is 0 Å². The maximum absolute atomic E-state index is 12.4. The van der Waals surface area contributed by atoms with E-state index in [1.54, 1.807) is 4.68 Å². The van der Waals surface area contributed by atoms with Crippen LogP contribution in [0.2, 0.25) is 0 Å². The van der Waals surface area contributed by atoms with Gasteiger partial charge in [0.15, 0.2) is 5.96 Å². The van der Waals surface area contributed by atoms with Crippen LogP contribution in [0.25, 0.3) is 0 Å². The second-order valence-corrected chi connectivity index (χ2v) is 7.63. The molecule has 9 heteroatoms. The highest BCUT2D eigenvalue weighted by atomic mass is 16.5. The van der Waals surface area contributed by atoms with E-state index in [9.17, 15) is 9.59 Å². The molecule has 1 aromatic rings. The molecule has 162 valence electrons. The van der Waals surface area contributed by atoms with Crippen molar-refractivity contribution in [2.45, 2.75) is 65.5 Å². The highest BCUT2D eigenvalue weighted by molar-refractivity contribution is 5.80. The van der Waals surface area contributed by atoms with E-state index in [0.29, 0.717) is 19.7 Å². The zero-order valence-corrected chi connectivity index (χ0v) is 17.7. The Hall–Kier alpha value is -2.32. The number of rotatable bonds is 7. The maximum Gasteiger partial charge on any atom is 0.345 e. The van der Waals surface area contributed by atoms with Gasteiger partial charge in [-0.2, -0.15) is 5.10 Å². The first kappa shape index (κ1) is 21.4. The highest BCUT2D eigenvalue weighted by Crippen LogP contribution is 2.18. The lowest BCUT2D eigenvalue weighted by Crippen LogP contribution is -2.46. The van der Waals surface area contributed by atoms with Crippen molar-refractivity contribution in [1.82, 2.24) is 24.6 Å². The number of likely N-dealkylation sites (tertiary alicyclic amines) is 1. The standard InChI is InChI=1S/C20H34N6O3/c1-3-21-19(24-14-9-16(10-15-24)18(27)29-4-2)22-11-7-13-26-20(28)25-12-6-5-8-17(25)23-26/h16H,3-15H2,1-2H3,(H,21,22). The van der Waals surface area contributed by atoms with Crippen LogP contribution in [-0.2, 0) is 29.0 Å². The Morgan fingerprint density at radius 3 is 2.72 bits per heavy atom. The molecule has 0 radical (unpaired) electrons. The van der Waals surface area contributed by atoms with Crippen molar-refractivity contribution in [2.24, 2.45) is 10.9 Å². The van der Waals surface area contributed by atoms with E-state index in [1.807, 2.05) is 11.5 Å². The molecule has 3 heterocycles. The van der Waals surface area contributed by atoms with Gasteiger partial charge in [-0.05, 0) is 46.0 Å². The predicted octanol–water partition coefficient (Wildman–Crippen LogP) is 1.01. The van der Waals surface area contributed by atoms with Gasteiger partial charge < -0.3 is 15.0 Å². The van der Waals surface area contributed by atoms with Gasteiger partial charge in [-0.15, -0.1) is 0 Å². The van der Waals surface area contributed by atoms with Gasteiger partial charge in [0.1, 0.15) is 5.82 Å². The summed E-state index contributed by atoms with van der Waals surface area (Å²) in [6.45, 7) is 8.73. The van der Waals surface area contributed by atoms with Crippen LogP contribution in [0.5, 0.6) is 0 Å². The summed E-state index contributed by atoms with van der Waals surface area (Å²) in [6.07, 6.45) is 5.41. The molecule has 29 heavy (non-hydrogen) atoms. The fourth-order valence-electron chi connectivity index (χ4n) is 4.01. The number of aryl methyl sites for hydroxylation is 2. The monoisotopic (exact) mass is 406 g/mol. The van der Waals surface area contributed by atoms with E-state index in [-0.39, 0.29) is 17.6 Å². The van der Waals surface area contributed by atoms with Crippen molar-refractivity contribution in [1.29, 1.82) is 0 Å². The molecule has 0 amide bonds. The Balaban J connectivity index is 1.50. The summed E-state index contributed by atoms with van der Waals surface area (Å²) < 4.78 is 8.55. The number of esters is 1. The van der Waals surface area contributed by atoms with E-state index in [0.717, 1.165) is 76.5 Å². The van der Waals surface area contributed by atoms with Gasteiger partial charge in [0.05, 0.1) is 12.5 Å². The summed E-state index contributed by atoms with van der Waals surface area (Å²) >= 11 is 0. The Morgan fingerprint density at radius 2 is 2.03 bits per heavy atom. The Kier molecular flexibility index (Phi) is 7.71. The minimum atomic E-state index is -0.0812. The maximum atomic E-state index is 12.4. The lowest BCUT2D eigenvalue weighted by Gasteiger charge is -2.33. The van der Waals surface area contributed by atoms with E-state index in [4.69, 9.17) is 9.73 Å². The highest BCUT2D eigenvalue weighted by Gasteiger charge is 2.27. The number of guanidine groups is 1. The first-order valence-electron chi connectivity index (χ1n) is 11.0. The first-order valence-corrected chi connectivity index (χ1v) is 11.0. The van der Waals surface area contributed by atoms with Gasteiger partial charge in [-0.1, -0.05) is 0 Å². The molecular formula is C20H34N6O3. The molecule has 0 unspecified atom stereocenters. The van der Waals surface area contributed by atoms with Crippen molar-refractivity contribution in [2.75, 3.05) is 32.8 Å². The Bertz CT molecular complexity index is 761. The molecule has 3 rings (SSSR count). The van der Waals surface area contributed by atoms with Gasteiger partial charge in [-0.3, -0.25) is 14.4 Å². The molecule has 1 N–H and O–H groups in total. The van der Waals surface area contributed by atoms with Gasteiger partial charge in [0, 0.05) is 45.7 Å². The zero-order valence-electron chi connectivity index (χ0n) is 17.7. The summed E-state index contributed by atoms with van der Waals surface area (Å²) in [6, 6.07) is 0. The number of hydrogen-bond donors (Lipinski definition) is 1. The zero-order chi connectivity index (χ0) is 20.6. The molecule has 0 spiro atoms. The summed E-state index contributed by atoms with van der Waals surface area (Å²) in [5.74, 6) is 1.71. The minimum absolute atomic E-state index is 0.00657.